The van der Waals surface area contributed by atoms with Gasteiger partial charge < -0.3 is 15.4 Å². The van der Waals surface area contributed by atoms with Gasteiger partial charge in [-0.2, -0.15) is 0 Å². The number of nitrogens with zero attached hydrogens (tertiary/aromatic N) is 2. The van der Waals surface area contributed by atoms with Crippen LogP contribution in [-0.2, 0) is 14.3 Å². The molecule has 0 bridgehead atoms. The maximum atomic E-state index is 12.6. The van der Waals surface area contributed by atoms with Gasteiger partial charge in [-0.15, -0.1) is 0 Å². The van der Waals surface area contributed by atoms with Crippen LogP contribution in [0.3, 0.4) is 0 Å². The monoisotopic (exact) mass is 454 g/mol. The van der Waals surface area contributed by atoms with E-state index >= 15 is 0 Å². The lowest BCUT2D eigenvalue weighted by Gasteiger charge is -2.37. The molecule has 1 aromatic rings. The Kier molecular flexibility index (Phi) is 9.37. The van der Waals surface area contributed by atoms with Crippen molar-refractivity contribution in [2.75, 3.05) is 58.3 Å². The average Bonchev–Trinajstić information content (AvgIpc) is 2.67. The van der Waals surface area contributed by atoms with Crippen LogP contribution in [-0.4, -0.2) is 80.6 Å². The summed E-state index contributed by atoms with van der Waals surface area (Å²) in [5.74, 6) is 0.0217. The molecule has 1 aromatic carbocycles. The predicted molar refractivity (Wildman–Crippen MR) is 114 cm³/mol. The Hall–Kier alpha value is -1.48. The first-order chi connectivity index (χ1) is 13.4. The molecule has 1 heterocycles. The number of benzene rings is 1. The minimum absolute atomic E-state index is 0.0195. The van der Waals surface area contributed by atoms with E-state index in [0.29, 0.717) is 19.7 Å². The third-order valence-electron chi connectivity index (χ3n) is 4.93. The van der Waals surface area contributed by atoms with Gasteiger partial charge in [0.1, 0.15) is 0 Å². The van der Waals surface area contributed by atoms with Gasteiger partial charge in [-0.3, -0.25) is 19.4 Å². The standard InChI is InChI=1S/C20H31BrN4O3/c1-15-5-6-18(17(21)13-15)23-20(27)16(2)25-10-8-24(9-11-25)14-19(26)22-7-4-12-28-3/h5-6,13,16H,4,7-12,14H2,1-3H3,(H,22,26)(H,23,27). The van der Waals surface area contributed by atoms with Crippen molar-refractivity contribution in [3.05, 3.63) is 28.2 Å². The van der Waals surface area contributed by atoms with Crippen LogP contribution >= 0.6 is 15.9 Å². The van der Waals surface area contributed by atoms with Gasteiger partial charge in [0.15, 0.2) is 0 Å². The normalized spacial score (nSPS) is 16.6. The molecule has 1 saturated heterocycles. The molecular weight excluding hydrogens is 424 g/mol. The van der Waals surface area contributed by atoms with Crippen molar-refractivity contribution in [2.24, 2.45) is 0 Å². The summed E-state index contributed by atoms with van der Waals surface area (Å²) in [5.41, 5.74) is 1.92. The number of rotatable bonds is 9. The van der Waals surface area contributed by atoms with Crippen LogP contribution in [0.15, 0.2) is 22.7 Å². The molecule has 1 fully saturated rings. The Balaban J connectivity index is 1.74. The summed E-state index contributed by atoms with van der Waals surface area (Å²) >= 11 is 3.50. The highest BCUT2D eigenvalue weighted by molar-refractivity contribution is 9.10. The Labute approximate surface area is 175 Å². The molecule has 2 amide bonds. The molecule has 0 aromatic heterocycles. The largest absolute Gasteiger partial charge is 0.385 e. The molecular formula is C20H31BrN4O3. The van der Waals surface area contributed by atoms with Gasteiger partial charge in [-0.25, -0.2) is 0 Å². The van der Waals surface area contributed by atoms with Crippen LogP contribution in [0.1, 0.15) is 18.9 Å². The zero-order valence-electron chi connectivity index (χ0n) is 17.0. The number of piperazine rings is 1. The lowest BCUT2D eigenvalue weighted by molar-refractivity contribution is -0.124. The minimum atomic E-state index is -0.224. The van der Waals surface area contributed by atoms with Crippen molar-refractivity contribution >= 4 is 33.4 Å². The number of methoxy groups -OCH3 is 1. The zero-order chi connectivity index (χ0) is 20.5. The molecule has 7 nitrogen and oxygen atoms in total. The first-order valence-corrected chi connectivity index (χ1v) is 10.5. The highest BCUT2D eigenvalue weighted by atomic mass is 79.9. The highest BCUT2D eigenvalue weighted by Crippen LogP contribution is 2.23. The fourth-order valence-corrected chi connectivity index (χ4v) is 3.73. The molecule has 1 unspecified atom stereocenters. The second-order valence-corrected chi connectivity index (χ2v) is 8.01. The second kappa shape index (κ2) is 11.5. The second-order valence-electron chi connectivity index (χ2n) is 7.16. The van der Waals surface area contributed by atoms with Gasteiger partial charge in [-0.05, 0) is 53.9 Å². The summed E-state index contributed by atoms with van der Waals surface area (Å²) < 4.78 is 5.86. The molecule has 28 heavy (non-hydrogen) atoms. The van der Waals surface area contributed by atoms with E-state index in [-0.39, 0.29) is 17.9 Å². The van der Waals surface area contributed by atoms with E-state index in [0.717, 1.165) is 48.3 Å². The number of carbonyl (C=O) groups excluding carboxylic acids is 2. The van der Waals surface area contributed by atoms with Crippen LogP contribution in [0.5, 0.6) is 0 Å². The Morgan fingerprint density at radius 3 is 2.61 bits per heavy atom. The van der Waals surface area contributed by atoms with E-state index in [1.54, 1.807) is 7.11 Å². The van der Waals surface area contributed by atoms with E-state index in [1.807, 2.05) is 32.0 Å². The number of ether oxygens (including phenoxy) is 1. The Bertz CT molecular complexity index is 663. The Morgan fingerprint density at radius 2 is 1.96 bits per heavy atom. The average molecular weight is 455 g/mol. The topological polar surface area (TPSA) is 73.9 Å². The summed E-state index contributed by atoms with van der Waals surface area (Å²) in [4.78, 5) is 28.9. The number of carbonyl (C=O) groups is 2. The van der Waals surface area contributed by atoms with E-state index in [4.69, 9.17) is 4.74 Å². The van der Waals surface area contributed by atoms with E-state index < -0.39 is 0 Å². The summed E-state index contributed by atoms with van der Waals surface area (Å²) in [5, 5.41) is 5.91. The molecule has 0 spiro atoms. The maximum absolute atomic E-state index is 12.6. The van der Waals surface area contributed by atoms with Crippen molar-refractivity contribution in [1.82, 2.24) is 15.1 Å². The summed E-state index contributed by atoms with van der Waals surface area (Å²) in [6, 6.07) is 5.65. The van der Waals surface area contributed by atoms with Gasteiger partial charge in [0.2, 0.25) is 11.8 Å². The first kappa shape index (κ1) is 22.8. The molecule has 0 saturated carbocycles. The highest BCUT2D eigenvalue weighted by Gasteiger charge is 2.26. The molecule has 156 valence electrons. The third-order valence-corrected chi connectivity index (χ3v) is 5.59. The van der Waals surface area contributed by atoms with Gasteiger partial charge in [0.25, 0.3) is 0 Å². The fraction of sp³-hybridized carbons (Fsp3) is 0.600. The number of anilines is 1. The zero-order valence-corrected chi connectivity index (χ0v) is 18.5. The SMILES string of the molecule is COCCCNC(=O)CN1CCN(C(C)C(=O)Nc2ccc(C)cc2Br)CC1. The molecule has 2 rings (SSSR count). The number of hydrogen-bond acceptors (Lipinski definition) is 5. The lowest BCUT2D eigenvalue weighted by Crippen LogP contribution is -2.54. The van der Waals surface area contributed by atoms with Crippen LogP contribution < -0.4 is 10.6 Å². The van der Waals surface area contributed by atoms with Crippen LogP contribution in [0.4, 0.5) is 5.69 Å². The van der Waals surface area contributed by atoms with E-state index in [9.17, 15) is 9.59 Å². The molecule has 8 heteroatoms. The summed E-state index contributed by atoms with van der Waals surface area (Å²) in [7, 11) is 1.65. The summed E-state index contributed by atoms with van der Waals surface area (Å²) in [6.07, 6.45) is 0.819. The third kappa shape index (κ3) is 7.16. The number of halogens is 1. The number of amides is 2. The molecule has 1 aliphatic rings. The number of nitrogens with one attached hydrogen (secondary N) is 2. The van der Waals surface area contributed by atoms with Crippen molar-refractivity contribution in [3.63, 3.8) is 0 Å². The molecule has 0 radical (unpaired) electrons. The lowest BCUT2D eigenvalue weighted by atomic mass is 10.2. The van der Waals surface area contributed by atoms with Gasteiger partial charge >= 0.3 is 0 Å². The van der Waals surface area contributed by atoms with E-state index in [1.165, 1.54) is 0 Å². The Morgan fingerprint density at radius 1 is 1.25 bits per heavy atom. The van der Waals surface area contributed by atoms with Crippen LogP contribution in [0, 0.1) is 6.92 Å². The number of hydrogen-bond donors (Lipinski definition) is 2. The van der Waals surface area contributed by atoms with Crippen molar-refractivity contribution in [3.8, 4) is 0 Å². The van der Waals surface area contributed by atoms with Gasteiger partial charge in [0.05, 0.1) is 18.3 Å². The smallest absolute Gasteiger partial charge is 0.241 e. The molecule has 1 aliphatic heterocycles. The van der Waals surface area contributed by atoms with Crippen molar-refractivity contribution in [2.45, 2.75) is 26.3 Å². The minimum Gasteiger partial charge on any atom is -0.385 e. The fourth-order valence-electron chi connectivity index (χ4n) is 3.14. The quantitative estimate of drug-likeness (QED) is 0.557. The van der Waals surface area contributed by atoms with Crippen LogP contribution in [0.25, 0.3) is 0 Å². The number of aryl methyl sites for hydroxylation is 1. The summed E-state index contributed by atoms with van der Waals surface area (Å²) in [6.45, 7) is 8.71. The van der Waals surface area contributed by atoms with Crippen molar-refractivity contribution < 1.29 is 14.3 Å². The van der Waals surface area contributed by atoms with Crippen LogP contribution in [0.2, 0.25) is 0 Å². The van der Waals surface area contributed by atoms with Gasteiger partial charge in [-0.1, -0.05) is 6.07 Å². The first-order valence-electron chi connectivity index (χ1n) is 9.69. The maximum Gasteiger partial charge on any atom is 0.241 e. The predicted octanol–water partition coefficient (Wildman–Crippen LogP) is 1.85. The van der Waals surface area contributed by atoms with Gasteiger partial charge in [0, 0.05) is 50.9 Å². The molecule has 1 atom stereocenters. The van der Waals surface area contributed by atoms with Crippen molar-refractivity contribution in [1.29, 1.82) is 0 Å². The van der Waals surface area contributed by atoms with E-state index in [2.05, 4.69) is 36.4 Å². The molecule has 0 aliphatic carbocycles. The molecule has 2 N–H and O–H groups in total.